The van der Waals surface area contributed by atoms with Gasteiger partial charge in [0.25, 0.3) is 5.91 Å². The summed E-state index contributed by atoms with van der Waals surface area (Å²) in [6.07, 6.45) is 0. The fourth-order valence-corrected chi connectivity index (χ4v) is 3.90. The van der Waals surface area contributed by atoms with Crippen molar-refractivity contribution in [1.82, 2.24) is 14.6 Å². The predicted molar refractivity (Wildman–Crippen MR) is 105 cm³/mol. The highest BCUT2D eigenvalue weighted by atomic mass is 16.5. The van der Waals surface area contributed by atoms with Crippen molar-refractivity contribution in [2.24, 2.45) is 0 Å². The van der Waals surface area contributed by atoms with Crippen molar-refractivity contribution in [1.29, 1.82) is 0 Å². The van der Waals surface area contributed by atoms with Crippen LogP contribution in [0.1, 0.15) is 51.7 Å². The van der Waals surface area contributed by atoms with Crippen LogP contribution in [0.25, 0.3) is 0 Å². The minimum Gasteiger partial charge on any atom is -0.485 e. The molecule has 0 N–H and O–H groups in total. The molecule has 0 radical (unpaired) electrons. The number of fused-ring (bicyclic) bond motifs is 1. The number of aryl methyl sites for hydroxylation is 3. The van der Waals surface area contributed by atoms with E-state index < -0.39 is 0 Å². The van der Waals surface area contributed by atoms with Gasteiger partial charge in [-0.05, 0) is 51.0 Å². The Bertz CT molecular complexity index is 998. The fraction of sp³-hybridized carbons (Fsp3) is 0.364. The Morgan fingerprint density at radius 2 is 1.93 bits per heavy atom. The average Bonchev–Trinajstić information content (AvgIpc) is 3.29. The molecule has 28 heavy (non-hydrogen) atoms. The van der Waals surface area contributed by atoms with E-state index in [1.165, 1.54) is 5.69 Å². The van der Waals surface area contributed by atoms with Crippen LogP contribution in [0.3, 0.4) is 0 Å². The number of amides is 1. The van der Waals surface area contributed by atoms with Crippen molar-refractivity contribution >= 4 is 5.91 Å². The first-order valence-electron chi connectivity index (χ1n) is 9.57. The van der Waals surface area contributed by atoms with E-state index in [4.69, 9.17) is 9.26 Å². The molecule has 0 saturated heterocycles. The molecule has 4 rings (SSSR count). The molecule has 1 aliphatic heterocycles. The molecule has 3 heterocycles. The molecule has 146 valence electrons. The molecule has 0 bridgehead atoms. The van der Waals surface area contributed by atoms with Crippen LogP contribution in [-0.4, -0.2) is 27.1 Å². The van der Waals surface area contributed by atoms with Crippen LogP contribution >= 0.6 is 0 Å². The molecular weight excluding hydrogens is 354 g/mol. The Hall–Kier alpha value is -3.02. The van der Waals surface area contributed by atoms with Gasteiger partial charge in [0.15, 0.2) is 11.5 Å². The molecule has 0 unspecified atom stereocenters. The van der Waals surface area contributed by atoms with E-state index in [-0.39, 0.29) is 18.6 Å². The summed E-state index contributed by atoms with van der Waals surface area (Å²) in [5, 5.41) is 3.99. The second-order valence-corrected chi connectivity index (χ2v) is 7.41. The van der Waals surface area contributed by atoms with Gasteiger partial charge in [0.05, 0.1) is 6.04 Å². The van der Waals surface area contributed by atoms with Gasteiger partial charge in [0.1, 0.15) is 12.4 Å². The highest BCUT2D eigenvalue weighted by Crippen LogP contribution is 2.29. The van der Waals surface area contributed by atoms with E-state index >= 15 is 0 Å². The molecule has 0 fully saturated rings. The summed E-state index contributed by atoms with van der Waals surface area (Å²) in [7, 11) is 0. The second-order valence-electron chi connectivity index (χ2n) is 7.41. The Morgan fingerprint density at radius 3 is 2.68 bits per heavy atom. The predicted octanol–water partition coefficient (Wildman–Crippen LogP) is 4.20. The zero-order chi connectivity index (χ0) is 19.8. The van der Waals surface area contributed by atoms with Crippen molar-refractivity contribution < 1.29 is 14.1 Å². The highest BCUT2D eigenvalue weighted by molar-refractivity contribution is 5.92. The molecule has 6 heteroatoms. The van der Waals surface area contributed by atoms with Gasteiger partial charge in [-0.1, -0.05) is 23.4 Å². The summed E-state index contributed by atoms with van der Waals surface area (Å²) in [6, 6.07) is 11.9. The van der Waals surface area contributed by atoms with Crippen molar-refractivity contribution in [2.75, 3.05) is 6.54 Å². The number of rotatable bonds is 4. The number of hydrogen-bond donors (Lipinski definition) is 0. The third-order valence-electron chi connectivity index (χ3n) is 5.50. The van der Waals surface area contributed by atoms with Crippen LogP contribution < -0.4 is 4.74 Å². The Morgan fingerprint density at radius 1 is 1.18 bits per heavy atom. The van der Waals surface area contributed by atoms with Gasteiger partial charge in [-0.15, -0.1) is 0 Å². The number of carbonyl (C=O) groups is 1. The monoisotopic (exact) mass is 379 g/mol. The van der Waals surface area contributed by atoms with E-state index in [1.54, 1.807) is 6.07 Å². The van der Waals surface area contributed by atoms with Gasteiger partial charge < -0.3 is 18.7 Å². The Kier molecular flexibility index (Phi) is 4.71. The number of ether oxygens (including phenoxy) is 1. The molecule has 0 spiro atoms. The van der Waals surface area contributed by atoms with Gasteiger partial charge in [0, 0.05) is 30.5 Å². The quantitative estimate of drug-likeness (QED) is 0.682. The lowest BCUT2D eigenvalue weighted by molar-refractivity contribution is 0.0632. The lowest BCUT2D eigenvalue weighted by Gasteiger charge is -2.34. The first-order valence-corrected chi connectivity index (χ1v) is 9.57. The van der Waals surface area contributed by atoms with Crippen LogP contribution in [0.5, 0.6) is 5.75 Å². The maximum atomic E-state index is 13.0. The molecule has 1 aromatic carbocycles. The maximum absolute atomic E-state index is 13.0. The van der Waals surface area contributed by atoms with Gasteiger partial charge in [-0.2, -0.15) is 0 Å². The lowest BCUT2D eigenvalue weighted by Crippen LogP contribution is -2.41. The third kappa shape index (κ3) is 3.19. The number of hydrogen-bond acceptors (Lipinski definition) is 4. The normalized spacial score (nSPS) is 16.1. The molecule has 1 atom stereocenters. The summed E-state index contributed by atoms with van der Waals surface area (Å²) in [6.45, 7) is 9.85. The van der Waals surface area contributed by atoms with Gasteiger partial charge >= 0.3 is 0 Å². The summed E-state index contributed by atoms with van der Waals surface area (Å²) < 4.78 is 13.5. The van der Waals surface area contributed by atoms with Crippen molar-refractivity contribution in [3.8, 4) is 5.75 Å². The molecular formula is C22H25N3O3. The van der Waals surface area contributed by atoms with Crippen LogP contribution in [0.15, 0.2) is 40.9 Å². The zero-order valence-electron chi connectivity index (χ0n) is 16.7. The van der Waals surface area contributed by atoms with E-state index in [0.717, 1.165) is 29.1 Å². The molecule has 1 aliphatic rings. The largest absolute Gasteiger partial charge is 0.485 e. The van der Waals surface area contributed by atoms with Crippen LogP contribution in [0, 0.1) is 20.8 Å². The van der Waals surface area contributed by atoms with E-state index in [2.05, 4.69) is 28.8 Å². The van der Waals surface area contributed by atoms with Crippen LogP contribution in [0.2, 0.25) is 0 Å². The third-order valence-corrected chi connectivity index (χ3v) is 5.50. The highest BCUT2D eigenvalue weighted by Gasteiger charge is 2.30. The summed E-state index contributed by atoms with van der Waals surface area (Å²) in [4.78, 5) is 14.8. The number of para-hydroxylation sites is 1. The molecule has 0 saturated carbocycles. The summed E-state index contributed by atoms with van der Waals surface area (Å²) in [5.41, 5.74) is 4.83. The van der Waals surface area contributed by atoms with E-state index in [1.807, 2.05) is 43.9 Å². The number of nitrogens with zero attached hydrogens (tertiary/aromatic N) is 3. The minimum absolute atomic E-state index is 0.000896. The van der Waals surface area contributed by atoms with Crippen molar-refractivity contribution in [3.63, 3.8) is 0 Å². The molecule has 6 nitrogen and oxygen atoms in total. The molecule has 0 aliphatic carbocycles. The van der Waals surface area contributed by atoms with Gasteiger partial charge in [0.2, 0.25) is 0 Å². The minimum atomic E-state index is -0.111. The number of benzene rings is 1. The number of aromatic nitrogens is 2. The average molecular weight is 379 g/mol. The van der Waals surface area contributed by atoms with Crippen LogP contribution in [-0.2, 0) is 13.2 Å². The fourth-order valence-electron chi connectivity index (χ4n) is 3.90. The summed E-state index contributed by atoms with van der Waals surface area (Å²) in [5.74, 6) is 1.27. The Balaban J connectivity index is 1.46. The topological polar surface area (TPSA) is 60.5 Å². The van der Waals surface area contributed by atoms with Gasteiger partial charge in [-0.3, -0.25) is 4.79 Å². The zero-order valence-corrected chi connectivity index (χ0v) is 16.7. The first kappa shape index (κ1) is 18.3. The van der Waals surface area contributed by atoms with E-state index in [0.29, 0.717) is 18.0 Å². The molecule has 3 aromatic rings. The van der Waals surface area contributed by atoms with E-state index in [9.17, 15) is 4.79 Å². The van der Waals surface area contributed by atoms with Crippen LogP contribution in [0.4, 0.5) is 0 Å². The molecule has 2 aromatic heterocycles. The van der Waals surface area contributed by atoms with Crippen molar-refractivity contribution in [2.45, 2.75) is 46.9 Å². The SMILES string of the molecule is Cc1cccc(C)c1OCc1cc(C(=O)N2CCn3c(C)ccc3[C@@H]2C)no1. The number of carbonyl (C=O) groups excluding carboxylic acids is 1. The Labute approximate surface area is 164 Å². The standard InChI is InChI=1S/C22H25N3O3/c1-14-6-5-7-15(2)21(14)27-13-18-12-19(23-28-18)22(26)25-11-10-24-16(3)8-9-20(24)17(25)4/h5-9,12,17H,10-11,13H2,1-4H3/t17-/m0/s1. The van der Waals surface area contributed by atoms with Gasteiger partial charge in [-0.25, -0.2) is 0 Å². The maximum Gasteiger partial charge on any atom is 0.276 e. The second kappa shape index (κ2) is 7.19. The smallest absolute Gasteiger partial charge is 0.276 e. The van der Waals surface area contributed by atoms with Crippen molar-refractivity contribution in [3.05, 3.63) is 70.4 Å². The summed E-state index contributed by atoms with van der Waals surface area (Å²) >= 11 is 0. The first-order chi connectivity index (χ1) is 13.5. The molecule has 1 amide bonds. The lowest BCUT2D eigenvalue weighted by atomic mass is 10.1.